The molecule has 1 aromatic carbocycles. The van der Waals surface area contributed by atoms with Crippen LogP contribution in [0.25, 0.3) is 0 Å². The SMILES string of the molecule is CCC1OCCC1CNCc1cc(OC)ccc1Br. The molecular formula is C15H22BrNO2. The Bertz CT molecular complexity index is 411. The van der Waals surface area contributed by atoms with Gasteiger partial charge in [0.05, 0.1) is 13.2 Å². The first-order chi connectivity index (χ1) is 9.24. The van der Waals surface area contributed by atoms with Gasteiger partial charge in [0, 0.05) is 24.2 Å². The van der Waals surface area contributed by atoms with E-state index in [-0.39, 0.29) is 0 Å². The largest absolute Gasteiger partial charge is 0.497 e. The first kappa shape index (κ1) is 14.8. The first-order valence-electron chi connectivity index (χ1n) is 6.89. The van der Waals surface area contributed by atoms with Crippen molar-refractivity contribution in [1.82, 2.24) is 5.32 Å². The summed E-state index contributed by atoms with van der Waals surface area (Å²) in [5, 5.41) is 3.53. The van der Waals surface area contributed by atoms with E-state index in [0.717, 1.165) is 36.3 Å². The molecule has 0 radical (unpaired) electrons. The van der Waals surface area contributed by atoms with Crippen LogP contribution in [-0.4, -0.2) is 26.4 Å². The molecule has 2 atom stereocenters. The van der Waals surface area contributed by atoms with Crippen LogP contribution < -0.4 is 10.1 Å². The highest BCUT2D eigenvalue weighted by molar-refractivity contribution is 9.10. The summed E-state index contributed by atoms with van der Waals surface area (Å²) in [5.41, 5.74) is 1.23. The third kappa shape index (κ3) is 3.94. The summed E-state index contributed by atoms with van der Waals surface area (Å²) in [5.74, 6) is 1.55. The van der Waals surface area contributed by atoms with Gasteiger partial charge in [-0.1, -0.05) is 22.9 Å². The molecule has 0 aromatic heterocycles. The molecule has 1 aliphatic rings. The molecule has 1 saturated heterocycles. The lowest BCUT2D eigenvalue weighted by molar-refractivity contribution is 0.0872. The van der Waals surface area contributed by atoms with Crippen molar-refractivity contribution < 1.29 is 9.47 Å². The second-order valence-corrected chi connectivity index (χ2v) is 5.81. The van der Waals surface area contributed by atoms with Crippen LogP contribution in [0.15, 0.2) is 22.7 Å². The van der Waals surface area contributed by atoms with E-state index in [1.165, 1.54) is 12.0 Å². The molecule has 3 nitrogen and oxygen atoms in total. The number of methoxy groups -OCH3 is 1. The van der Waals surface area contributed by atoms with Crippen molar-refractivity contribution in [1.29, 1.82) is 0 Å². The summed E-state index contributed by atoms with van der Waals surface area (Å²) in [6.45, 7) is 4.97. The molecule has 4 heteroatoms. The average molecular weight is 328 g/mol. The van der Waals surface area contributed by atoms with Gasteiger partial charge in [0.15, 0.2) is 0 Å². The topological polar surface area (TPSA) is 30.5 Å². The van der Waals surface area contributed by atoms with Gasteiger partial charge in [0.25, 0.3) is 0 Å². The summed E-state index contributed by atoms with van der Waals surface area (Å²) < 4.78 is 12.1. The maximum absolute atomic E-state index is 5.71. The second kappa shape index (κ2) is 7.27. The number of rotatable bonds is 6. The summed E-state index contributed by atoms with van der Waals surface area (Å²) >= 11 is 3.58. The Balaban J connectivity index is 1.85. The lowest BCUT2D eigenvalue weighted by Gasteiger charge is -2.17. The third-order valence-corrected chi connectivity index (χ3v) is 4.50. The molecule has 0 saturated carbocycles. The van der Waals surface area contributed by atoms with Gasteiger partial charge in [0.1, 0.15) is 5.75 Å². The van der Waals surface area contributed by atoms with E-state index in [2.05, 4.69) is 34.2 Å². The van der Waals surface area contributed by atoms with E-state index in [0.29, 0.717) is 12.0 Å². The Morgan fingerprint density at radius 3 is 3.05 bits per heavy atom. The van der Waals surface area contributed by atoms with Crippen LogP contribution in [0.5, 0.6) is 5.75 Å². The van der Waals surface area contributed by atoms with Gasteiger partial charge in [-0.15, -0.1) is 0 Å². The van der Waals surface area contributed by atoms with Gasteiger partial charge in [0.2, 0.25) is 0 Å². The Kier molecular flexibility index (Phi) is 5.67. The summed E-state index contributed by atoms with van der Waals surface area (Å²) in [4.78, 5) is 0. The molecule has 1 N–H and O–H groups in total. The Morgan fingerprint density at radius 2 is 2.32 bits per heavy atom. The van der Waals surface area contributed by atoms with Gasteiger partial charge < -0.3 is 14.8 Å². The normalized spacial score (nSPS) is 22.7. The van der Waals surface area contributed by atoms with Crippen LogP contribution in [0.4, 0.5) is 0 Å². The molecule has 1 aromatic rings. The van der Waals surface area contributed by atoms with Crippen molar-refractivity contribution in [3.05, 3.63) is 28.2 Å². The lowest BCUT2D eigenvalue weighted by Crippen LogP contribution is -2.28. The molecule has 0 amide bonds. The fraction of sp³-hybridized carbons (Fsp3) is 0.600. The number of halogens is 1. The molecule has 0 bridgehead atoms. The Morgan fingerprint density at radius 1 is 1.47 bits per heavy atom. The summed E-state index contributed by atoms with van der Waals surface area (Å²) in [7, 11) is 1.70. The molecule has 2 unspecified atom stereocenters. The van der Waals surface area contributed by atoms with Crippen LogP contribution in [0, 0.1) is 5.92 Å². The van der Waals surface area contributed by atoms with Crippen molar-refractivity contribution in [3.8, 4) is 5.75 Å². The highest BCUT2D eigenvalue weighted by atomic mass is 79.9. The van der Waals surface area contributed by atoms with Crippen molar-refractivity contribution in [2.24, 2.45) is 5.92 Å². The summed E-state index contributed by atoms with van der Waals surface area (Å²) in [6, 6.07) is 6.06. The zero-order valence-corrected chi connectivity index (χ0v) is 13.2. The fourth-order valence-corrected chi connectivity index (χ4v) is 2.97. The predicted molar refractivity (Wildman–Crippen MR) is 80.5 cm³/mol. The number of benzene rings is 1. The third-order valence-electron chi connectivity index (χ3n) is 3.72. The molecule has 0 aliphatic carbocycles. The fourth-order valence-electron chi connectivity index (χ4n) is 2.58. The Labute approximate surface area is 123 Å². The Hall–Kier alpha value is -0.580. The summed E-state index contributed by atoms with van der Waals surface area (Å²) in [6.07, 6.45) is 2.71. The molecule has 1 fully saturated rings. The minimum absolute atomic E-state index is 0.432. The zero-order valence-electron chi connectivity index (χ0n) is 11.6. The van der Waals surface area contributed by atoms with E-state index < -0.39 is 0 Å². The minimum atomic E-state index is 0.432. The lowest BCUT2D eigenvalue weighted by atomic mass is 9.99. The van der Waals surface area contributed by atoms with Crippen molar-refractivity contribution in [2.45, 2.75) is 32.4 Å². The number of hydrogen-bond donors (Lipinski definition) is 1. The highest BCUT2D eigenvalue weighted by Gasteiger charge is 2.25. The molecule has 1 heterocycles. The van der Waals surface area contributed by atoms with Crippen molar-refractivity contribution >= 4 is 15.9 Å². The zero-order chi connectivity index (χ0) is 13.7. The van der Waals surface area contributed by atoms with Gasteiger partial charge in [-0.3, -0.25) is 0 Å². The molecule has 2 rings (SSSR count). The van der Waals surface area contributed by atoms with Crippen LogP contribution in [0.3, 0.4) is 0 Å². The number of nitrogens with one attached hydrogen (secondary N) is 1. The number of ether oxygens (including phenoxy) is 2. The van der Waals surface area contributed by atoms with Gasteiger partial charge >= 0.3 is 0 Å². The molecule has 106 valence electrons. The van der Waals surface area contributed by atoms with Crippen LogP contribution in [0.2, 0.25) is 0 Å². The monoisotopic (exact) mass is 327 g/mol. The van der Waals surface area contributed by atoms with Crippen LogP contribution in [-0.2, 0) is 11.3 Å². The van der Waals surface area contributed by atoms with Crippen molar-refractivity contribution in [2.75, 3.05) is 20.3 Å². The second-order valence-electron chi connectivity index (χ2n) is 4.95. The molecule has 0 spiro atoms. The maximum Gasteiger partial charge on any atom is 0.119 e. The van der Waals surface area contributed by atoms with E-state index in [1.807, 2.05) is 12.1 Å². The molecule has 1 aliphatic heterocycles. The van der Waals surface area contributed by atoms with Gasteiger partial charge in [-0.05, 0) is 42.5 Å². The predicted octanol–water partition coefficient (Wildman–Crippen LogP) is 3.36. The maximum atomic E-state index is 5.71. The molecule has 19 heavy (non-hydrogen) atoms. The van der Waals surface area contributed by atoms with Gasteiger partial charge in [-0.2, -0.15) is 0 Å². The smallest absolute Gasteiger partial charge is 0.119 e. The minimum Gasteiger partial charge on any atom is -0.497 e. The number of hydrogen-bond acceptors (Lipinski definition) is 3. The van der Waals surface area contributed by atoms with Crippen molar-refractivity contribution in [3.63, 3.8) is 0 Å². The average Bonchev–Trinajstić information content (AvgIpc) is 2.88. The first-order valence-corrected chi connectivity index (χ1v) is 7.68. The van der Waals surface area contributed by atoms with E-state index >= 15 is 0 Å². The highest BCUT2D eigenvalue weighted by Crippen LogP contribution is 2.24. The van der Waals surface area contributed by atoms with Gasteiger partial charge in [-0.25, -0.2) is 0 Å². The van der Waals surface area contributed by atoms with E-state index in [1.54, 1.807) is 7.11 Å². The van der Waals surface area contributed by atoms with E-state index in [9.17, 15) is 0 Å². The quantitative estimate of drug-likeness (QED) is 0.869. The van der Waals surface area contributed by atoms with Crippen LogP contribution in [0.1, 0.15) is 25.3 Å². The van der Waals surface area contributed by atoms with Crippen LogP contribution >= 0.6 is 15.9 Å². The molecular weight excluding hydrogens is 306 g/mol. The van der Waals surface area contributed by atoms with E-state index in [4.69, 9.17) is 9.47 Å². The standard InChI is InChI=1S/C15H22BrNO2/c1-3-15-11(6-7-19-15)9-17-10-12-8-13(18-2)4-5-14(12)16/h4-5,8,11,15,17H,3,6-7,9-10H2,1-2H3.